The molecule has 0 aliphatic carbocycles. The molecule has 1 aromatic carbocycles. The maximum atomic E-state index is 11.7. The maximum absolute atomic E-state index is 11.7. The fourth-order valence-corrected chi connectivity index (χ4v) is 3.26. The smallest absolute Gasteiger partial charge is 0.261 e. The fraction of sp³-hybridized carbons (Fsp3) is 0.500. The summed E-state index contributed by atoms with van der Waals surface area (Å²) in [7, 11) is 1.63. The molecule has 2 N–H and O–H groups in total. The van der Waals surface area contributed by atoms with Gasteiger partial charge in [0, 0.05) is 10.7 Å². The molecule has 0 aromatic heterocycles. The van der Waals surface area contributed by atoms with Gasteiger partial charge in [-0.2, -0.15) is 0 Å². The number of carbonyl (C=O) groups is 1. The number of aryl methyl sites for hydroxylation is 1. The van der Waals surface area contributed by atoms with Crippen molar-refractivity contribution in [3.63, 3.8) is 0 Å². The van der Waals surface area contributed by atoms with Crippen molar-refractivity contribution in [2.75, 3.05) is 0 Å². The molecule has 0 saturated carbocycles. The highest BCUT2D eigenvalue weighted by Gasteiger charge is 2.22. The molecule has 0 fully saturated rings. The largest absolute Gasteiger partial charge is 0.480 e. The lowest BCUT2D eigenvalue weighted by Gasteiger charge is -2.19. The molecular weight excluding hydrogens is 314 g/mol. The van der Waals surface area contributed by atoms with Gasteiger partial charge >= 0.3 is 0 Å². The number of rotatable bonds is 6. The Morgan fingerprint density at radius 1 is 1.38 bits per heavy atom. The third-order valence-electron chi connectivity index (χ3n) is 3.15. The standard InChI is InChI=1S/C14H20ClNO4S/c1-5-11(14(16)17)20-12-7-10(8(2)3)13(6-9(12)4)21(15,18)19/h6-8,11H,5H2,1-4H3,(H2,16,17). The van der Waals surface area contributed by atoms with Crippen molar-refractivity contribution < 1.29 is 17.9 Å². The summed E-state index contributed by atoms with van der Waals surface area (Å²) in [6.45, 7) is 7.18. The third-order valence-corrected chi connectivity index (χ3v) is 4.53. The molecule has 21 heavy (non-hydrogen) atoms. The molecule has 1 amide bonds. The van der Waals surface area contributed by atoms with Crippen molar-refractivity contribution in [1.29, 1.82) is 0 Å². The van der Waals surface area contributed by atoms with Crippen LogP contribution in [-0.4, -0.2) is 20.4 Å². The van der Waals surface area contributed by atoms with Gasteiger partial charge in [-0.05, 0) is 42.5 Å². The van der Waals surface area contributed by atoms with Gasteiger partial charge in [-0.25, -0.2) is 8.42 Å². The SMILES string of the molecule is CCC(Oc1cc(C(C)C)c(S(=O)(=O)Cl)cc1C)C(N)=O. The van der Waals surface area contributed by atoms with E-state index in [1.807, 2.05) is 13.8 Å². The van der Waals surface area contributed by atoms with E-state index < -0.39 is 21.1 Å². The van der Waals surface area contributed by atoms with Gasteiger partial charge in [-0.15, -0.1) is 0 Å². The summed E-state index contributed by atoms with van der Waals surface area (Å²) in [6, 6.07) is 3.07. The Morgan fingerprint density at radius 2 is 1.95 bits per heavy atom. The summed E-state index contributed by atoms with van der Waals surface area (Å²) in [5, 5.41) is 0. The second-order valence-corrected chi connectivity index (χ2v) is 7.70. The van der Waals surface area contributed by atoms with E-state index in [4.69, 9.17) is 21.2 Å². The minimum Gasteiger partial charge on any atom is -0.480 e. The molecule has 0 spiro atoms. The van der Waals surface area contributed by atoms with Crippen LogP contribution in [0, 0.1) is 6.92 Å². The lowest BCUT2D eigenvalue weighted by molar-refractivity contribution is -0.124. The molecule has 1 unspecified atom stereocenters. The van der Waals surface area contributed by atoms with Crippen LogP contribution in [0.1, 0.15) is 44.2 Å². The van der Waals surface area contributed by atoms with Gasteiger partial charge in [0.05, 0.1) is 4.90 Å². The Bertz CT molecular complexity index is 641. The molecule has 1 aromatic rings. The number of carbonyl (C=O) groups excluding carboxylic acids is 1. The van der Waals surface area contributed by atoms with Crippen LogP contribution in [0.2, 0.25) is 0 Å². The van der Waals surface area contributed by atoms with Gasteiger partial charge in [-0.3, -0.25) is 4.79 Å². The number of primary amides is 1. The molecule has 5 nitrogen and oxygen atoms in total. The molecule has 7 heteroatoms. The number of ether oxygens (including phenoxy) is 1. The molecule has 118 valence electrons. The molecule has 1 atom stereocenters. The van der Waals surface area contributed by atoms with E-state index in [1.54, 1.807) is 19.9 Å². The first-order chi connectivity index (χ1) is 9.57. The first-order valence-corrected chi connectivity index (χ1v) is 8.94. The highest BCUT2D eigenvalue weighted by molar-refractivity contribution is 8.13. The molecule has 0 heterocycles. The van der Waals surface area contributed by atoms with Crippen LogP contribution < -0.4 is 10.5 Å². The molecule has 0 radical (unpaired) electrons. The topological polar surface area (TPSA) is 86.5 Å². The minimum absolute atomic E-state index is 0.0647. The predicted octanol–water partition coefficient (Wildman–Crippen LogP) is 2.69. The van der Waals surface area contributed by atoms with E-state index in [1.165, 1.54) is 6.07 Å². The van der Waals surface area contributed by atoms with E-state index in [-0.39, 0.29) is 10.8 Å². The summed E-state index contributed by atoms with van der Waals surface area (Å²) in [6.07, 6.45) is -0.316. The number of amides is 1. The van der Waals surface area contributed by atoms with E-state index in [0.717, 1.165) is 0 Å². The van der Waals surface area contributed by atoms with Crippen LogP contribution >= 0.6 is 10.7 Å². The second kappa shape index (κ2) is 6.66. The van der Waals surface area contributed by atoms with Gasteiger partial charge in [-0.1, -0.05) is 20.8 Å². The Morgan fingerprint density at radius 3 is 2.33 bits per heavy atom. The van der Waals surface area contributed by atoms with E-state index in [2.05, 4.69) is 0 Å². The number of hydrogen-bond donors (Lipinski definition) is 1. The van der Waals surface area contributed by atoms with Crippen molar-refractivity contribution in [2.24, 2.45) is 5.73 Å². The maximum Gasteiger partial charge on any atom is 0.261 e. The minimum atomic E-state index is -3.84. The van der Waals surface area contributed by atoms with Gasteiger partial charge < -0.3 is 10.5 Å². The van der Waals surface area contributed by atoms with Gasteiger partial charge in [0.25, 0.3) is 15.0 Å². The average Bonchev–Trinajstić information content (AvgIpc) is 2.34. The normalized spacial score (nSPS) is 13.2. The molecule has 0 saturated heterocycles. The van der Waals surface area contributed by atoms with E-state index >= 15 is 0 Å². The zero-order valence-corrected chi connectivity index (χ0v) is 14.1. The van der Waals surface area contributed by atoms with Crippen LogP contribution in [-0.2, 0) is 13.8 Å². The van der Waals surface area contributed by atoms with Crippen molar-refractivity contribution in [2.45, 2.75) is 51.0 Å². The van der Waals surface area contributed by atoms with Gasteiger partial charge in [0.15, 0.2) is 6.10 Å². The third kappa shape index (κ3) is 4.35. The molecule has 0 aliphatic heterocycles. The predicted molar refractivity (Wildman–Crippen MR) is 82.2 cm³/mol. The Hall–Kier alpha value is -1.27. The van der Waals surface area contributed by atoms with Crippen molar-refractivity contribution in [3.8, 4) is 5.75 Å². The molecule has 0 bridgehead atoms. The lowest BCUT2D eigenvalue weighted by Crippen LogP contribution is -2.33. The summed E-state index contributed by atoms with van der Waals surface area (Å²) in [4.78, 5) is 11.3. The summed E-state index contributed by atoms with van der Waals surface area (Å²) >= 11 is 0. The first kappa shape index (κ1) is 17.8. The van der Waals surface area contributed by atoms with Crippen molar-refractivity contribution in [3.05, 3.63) is 23.3 Å². The van der Waals surface area contributed by atoms with E-state index in [0.29, 0.717) is 23.3 Å². The van der Waals surface area contributed by atoms with Gasteiger partial charge in [0.1, 0.15) is 5.75 Å². The van der Waals surface area contributed by atoms with Crippen LogP contribution in [0.5, 0.6) is 5.75 Å². The Labute approximate surface area is 129 Å². The summed E-state index contributed by atoms with van der Waals surface area (Å²) in [5.41, 5.74) is 6.39. The average molecular weight is 334 g/mol. The highest BCUT2D eigenvalue weighted by atomic mass is 35.7. The van der Waals surface area contributed by atoms with E-state index in [9.17, 15) is 13.2 Å². The van der Waals surface area contributed by atoms with Crippen molar-refractivity contribution >= 4 is 25.6 Å². The number of halogens is 1. The van der Waals surface area contributed by atoms with Crippen LogP contribution in [0.3, 0.4) is 0 Å². The summed E-state index contributed by atoms with van der Waals surface area (Å²) < 4.78 is 28.9. The number of nitrogens with two attached hydrogens (primary N) is 1. The Balaban J connectivity index is 3.38. The Kier molecular flexibility index (Phi) is 5.64. The number of benzene rings is 1. The first-order valence-electron chi connectivity index (χ1n) is 6.63. The summed E-state index contributed by atoms with van der Waals surface area (Å²) in [5.74, 6) is -0.185. The second-order valence-electron chi connectivity index (χ2n) is 5.17. The zero-order chi connectivity index (χ0) is 16.4. The molecular formula is C14H20ClNO4S. The fourth-order valence-electron chi connectivity index (χ4n) is 1.96. The van der Waals surface area contributed by atoms with Crippen LogP contribution in [0.4, 0.5) is 0 Å². The quantitative estimate of drug-likeness (QED) is 0.811. The molecule has 0 aliphatic rings. The van der Waals surface area contributed by atoms with Crippen LogP contribution in [0.25, 0.3) is 0 Å². The monoisotopic (exact) mass is 333 g/mol. The highest BCUT2D eigenvalue weighted by Crippen LogP contribution is 2.33. The van der Waals surface area contributed by atoms with Crippen LogP contribution in [0.15, 0.2) is 17.0 Å². The van der Waals surface area contributed by atoms with Gasteiger partial charge in [0.2, 0.25) is 0 Å². The number of hydrogen-bond acceptors (Lipinski definition) is 4. The zero-order valence-electron chi connectivity index (χ0n) is 12.5. The van der Waals surface area contributed by atoms with Crippen molar-refractivity contribution in [1.82, 2.24) is 0 Å². The molecule has 1 rings (SSSR count). The lowest BCUT2D eigenvalue weighted by atomic mass is 10.0.